The van der Waals surface area contributed by atoms with E-state index in [9.17, 15) is 10.2 Å². The highest BCUT2D eigenvalue weighted by atomic mass is 79.9. The summed E-state index contributed by atoms with van der Waals surface area (Å²) in [6.07, 6.45) is -0.617. The number of benzene rings is 1. The van der Waals surface area contributed by atoms with Gasteiger partial charge < -0.3 is 27.2 Å². The van der Waals surface area contributed by atoms with Crippen LogP contribution in [0.4, 0.5) is 0 Å². The Morgan fingerprint density at radius 1 is 1.00 bits per heavy atom. The van der Waals surface area contributed by atoms with E-state index in [2.05, 4.69) is 65.5 Å². The van der Waals surface area contributed by atoms with Crippen molar-refractivity contribution >= 4 is 11.3 Å². The van der Waals surface area contributed by atoms with Crippen LogP contribution >= 0.6 is 11.3 Å². The number of aliphatic hydroxyl groups excluding tert-OH is 1. The number of aromatic hydroxyl groups is 1. The lowest BCUT2D eigenvalue weighted by molar-refractivity contribution is -0.706. The number of aromatic nitrogens is 1. The molecule has 1 heterocycles. The van der Waals surface area contributed by atoms with Crippen LogP contribution in [0, 0.1) is 13.8 Å². The number of hydrogen-bond acceptors (Lipinski definition) is 3. The predicted octanol–water partition coefficient (Wildman–Crippen LogP) is 1.69. The Balaban J connectivity index is 0.00000338. The number of aryl methyl sites for hydroxylation is 1. The first kappa shape index (κ1) is 23.1. The molecule has 1 aromatic heterocycles. The molecule has 2 aromatic rings. The third-order valence-electron chi connectivity index (χ3n) is 4.74. The maximum Gasteiger partial charge on any atom is 0.225 e. The van der Waals surface area contributed by atoms with E-state index in [1.165, 1.54) is 10.6 Å². The summed E-state index contributed by atoms with van der Waals surface area (Å²) in [5.74, 6) is 0.309. The fourth-order valence-electron chi connectivity index (χ4n) is 3.43. The second-order valence-corrected chi connectivity index (χ2v) is 10.0. The summed E-state index contributed by atoms with van der Waals surface area (Å²) in [6.45, 7) is 17.4. The van der Waals surface area contributed by atoms with Gasteiger partial charge >= 0.3 is 0 Å². The van der Waals surface area contributed by atoms with Crippen molar-refractivity contribution in [1.82, 2.24) is 0 Å². The molecular formula is C21H32BrNO2S. The number of hydrogen-bond donors (Lipinski definition) is 2. The largest absolute Gasteiger partial charge is 1.00 e. The minimum absolute atomic E-state index is 0. The SMILES string of the molecule is Cc1sc[n+](CC(O)c2ccc(O)c(C(C)(C)C)c2C(C)(C)C)c1C.[Br-]. The molecule has 0 aliphatic carbocycles. The summed E-state index contributed by atoms with van der Waals surface area (Å²) >= 11 is 1.70. The van der Waals surface area contributed by atoms with Crippen LogP contribution in [-0.4, -0.2) is 10.2 Å². The normalized spacial score (nSPS) is 13.4. The van der Waals surface area contributed by atoms with Crippen LogP contribution in [0.5, 0.6) is 5.75 Å². The van der Waals surface area contributed by atoms with E-state index in [-0.39, 0.29) is 27.8 Å². The van der Waals surface area contributed by atoms with E-state index < -0.39 is 6.10 Å². The van der Waals surface area contributed by atoms with Crippen molar-refractivity contribution in [2.45, 2.75) is 78.9 Å². The van der Waals surface area contributed by atoms with Gasteiger partial charge in [-0.1, -0.05) is 58.9 Å². The molecule has 0 fully saturated rings. The monoisotopic (exact) mass is 441 g/mol. The molecule has 3 nitrogen and oxygen atoms in total. The number of thiazole rings is 1. The van der Waals surface area contributed by atoms with Crippen molar-refractivity contribution in [3.8, 4) is 5.75 Å². The van der Waals surface area contributed by atoms with Crippen LogP contribution in [0.1, 0.15) is 74.9 Å². The van der Waals surface area contributed by atoms with Crippen molar-refractivity contribution < 1.29 is 31.8 Å². The quantitative estimate of drug-likeness (QED) is 0.711. The van der Waals surface area contributed by atoms with Gasteiger partial charge in [0.2, 0.25) is 5.51 Å². The van der Waals surface area contributed by atoms with Crippen molar-refractivity contribution in [2.24, 2.45) is 0 Å². The second kappa shape index (κ2) is 7.99. The third-order valence-corrected chi connectivity index (χ3v) is 5.75. The van der Waals surface area contributed by atoms with Gasteiger partial charge in [-0.05, 0) is 34.9 Å². The van der Waals surface area contributed by atoms with Crippen LogP contribution in [-0.2, 0) is 17.4 Å². The third kappa shape index (κ3) is 4.68. The van der Waals surface area contributed by atoms with E-state index in [1.807, 2.05) is 6.07 Å². The fourth-order valence-corrected chi connectivity index (χ4v) is 4.24. The Morgan fingerprint density at radius 2 is 1.54 bits per heavy atom. The topological polar surface area (TPSA) is 44.3 Å². The highest BCUT2D eigenvalue weighted by molar-refractivity contribution is 7.09. The van der Waals surface area contributed by atoms with Gasteiger partial charge in [0.15, 0.2) is 12.2 Å². The highest BCUT2D eigenvalue weighted by Crippen LogP contribution is 2.43. The summed E-state index contributed by atoms with van der Waals surface area (Å²) in [5, 5.41) is 21.6. The van der Waals surface area contributed by atoms with E-state index in [4.69, 9.17) is 0 Å². The maximum absolute atomic E-state index is 11.0. The Morgan fingerprint density at radius 3 is 1.96 bits per heavy atom. The summed E-state index contributed by atoms with van der Waals surface area (Å²) in [4.78, 5) is 1.27. The Labute approximate surface area is 172 Å². The summed E-state index contributed by atoms with van der Waals surface area (Å²) in [6, 6.07) is 3.61. The summed E-state index contributed by atoms with van der Waals surface area (Å²) < 4.78 is 2.11. The second-order valence-electron chi connectivity index (χ2n) is 8.96. The molecule has 2 N–H and O–H groups in total. The number of phenolic OH excluding ortho intramolecular Hbond substituents is 1. The van der Waals surface area contributed by atoms with Crippen LogP contribution in [0.3, 0.4) is 0 Å². The van der Waals surface area contributed by atoms with Crippen LogP contribution in [0.2, 0.25) is 0 Å². The molecule has 1 unspecified atom stereocenters. The molecule has 0 aliphatic heterocycles. The van der Waals surface area contributed by atoms with Gasteiger partial charge in [-0.25, -0.2) is 0 Å². The number of nitrogens with zero attached hydrogens (tertiary/aromatic N) is 1. The maximum atomic E-state index is 11.0. The number of aliphatic hydroxyl groups is 1. The zero-order valence-corrected chi connectivity index (χ0v) is 19.5. The van der Waals surface area contributed by atoms with Crippen molar-refractivity contribution in [3.05, 3.63) is 44.9 Å². The van der Waals surface area contributed by atoms with Gasteiger partial charge in [-0.3, -0.25) is 0 Å². The van der Waals surface area contributed by atoms with Gasteiger partial charge in [-0.15, -0.1) is 0 Å². The molecule has 5 heteroatoms. The molecule has 26 heavy (non-hydrogen) atoms. The smallest absolute Gasteiger partial charge is 0.225 e. The first-order valence-electron chi connectivity index (χ1n) is 8.83. The summed E-state index contributed by atoms with van der Waals surface area (Å²) in [7, 11) is 0. The molecule has 0 saturated heterocycles. The van der Waals surface area contributed by atoms with Gasteiger partial charge in [0.1, 0.15) is 11.9 Å². The average Bonchev–Trinajstić information content (AvgIpc) is 2.76. The van der Waals surface area contributed by atoms with Crippen LogP contribution in [0.25, 0.3) is 0 Å². The van der Waals surface area contributed by atoms with Crippen molar-refractivity contribution in [3.63, 3.8) is 0 Å². The lowest BCUT2D eigenvalue weighted by Crippen LogP contribution is -3.00. The first-order chi connectivity index (χ1) is 11.3. The van der Waals surface area contributed by atoms with Gasteiger partial charge in [0.05, 0.1) is 4.88 Å². The molecule has 0 spiro atoms. The Kier molecular flexibility index (Phi) is 7.11. The van der Waals surface area contributed by atoms with Crippen molar-refractivity contribution in [2.75, 3.05) is 0 Å². The molecule has 1 atom stereocenters. The van der Waals surface area contributed by atoms with Gasteiger partial charge in [0.25, 0.3) is 0 Å². The fraction of sp³-hybridized carbons (Fsp3) is 0.571. The minimum atomic E-state index is -0.617. The molecule has 0 radical (unpaired) electrons. The van der Waals surface area contributed by atoms with Crippen LogP contribution in [0.15, 0.2) is 17.6 Å². The predicted molar refractivity (Wildman–Crippen MR) is 104 cm³/mol. The molecule has 146 valence electrons. The Bertz CT molecular complexity index is 770. The van der Waals surface area contributed by atoms with Crippen LogP contribution < -0.4 is 21.5 Å². The number of phenols is 1. The number of halogens is 1. The molecule has 2 rings (SSSR count). The lowest BCUT2D eigenvalue weighted by atomic mass is 9.72. The summed E-state index contributed by atoms with van der Waals surface area (Å²) in [5.41, 5.74) is 5.77. The average molecular weight is 442 g/mol. The molecule has 0 bridgehead atoms. The van der Waals surface area contributed by atoms with E-state index in [0.717, 1.165) is 16.7 Å². The van der Waals surface area contributed by atoms with Gasteiger partial charge in [-0.2, -0.15) is 4.57 Å². The van der Waals surface area contributed by atoms with Crippen molar-refractivity contribution in [1.29, 1.82) is 0 Å². The highest BCUT2D eigenvalue weighted by Gasteiger charge is 2.33. The molecule has 0 aliphatic rings. The van der Waals surface area contributed by atoms with Gasteiger partial charge in [0, 0.05) is 12.5 Å². The minimum Gasteiger partial charge on any atom is -1.00 e. The van der Waals surface area contributed by atoms with E-state index >= 15 is 0 Å². The number of rotatable bonds is 3. The zero-order valence-electron chi connectivity index (χ0n) is 17.1. The molecule has 1 aromatic carbocycles. The Hall–Kier alpha value is -0.910. The molecule has 0 saturated carbocycles. The van der Waals surface area contributed by atoms with E-state index in [0.29, 0.717) is 12.3 Å². The van der Waals surface area contributed by atoms with E-state index in [1.54, 1.807) is 17.4 Å². The first-order valence-corrected chi connectivity index (χ1v) is 9.71. The molecule has 0 amide bonds. The zero-order chi connectivity index (χ0) is 19.2. The lowest BCUT2D eigenvalue weighted by Gasteiger charge is -2.33. The molecular weight excluding hydrogens is 410 g/mol. The standard InChI is InChI=1S/C21H31NO2S.BrH/c1-13-14(2)25-12-22(13)11-17(24)15-9-10-16(23)19(21(6,7)8)18(15)20(3,4)5;/h9-10,12,17,24H,11H2,1-8H3;1H.